The quantitative estimate of drug-likeness (QED) is 0.312. The topological polar surface area (TPSA) is 136 Å². The van der Waals surface area contributed by atoms with Gasteiger partial charge in [0, 0.05) is 25.9 Å². The molecule has 0 aromatic rings. The minimum Gasteiger partial charge on any atom is -1.00 e. The molecule has 1 heterocycles. The number of carbonyl (C=O) groups is 4. The number of nitrogens with one attached hydrogen (secondary N) is 1. The molecule has 5 N–H and O–H groups in total. The second-order valence-corrected chi connectivity index (χ2v) is 6.61. The Morgan fingerprint density at radius 3 is 2.28 bits per heavy atom. The molecule has 1 saturated heterocycles. The Hall–Kier alpha value is -0.134. The Balaban J connectivity index is 0. The first-order valence-corrected chi connectivity index (χ1v) is 7.91. The zero-order valence-corrected chi connectivity index (χ0v) is 19.0. The van der Waals surface area contributed by atoms with Crippen molar-refractivity contribution in [2.75, 3.05) is 6.54 Å². The molecule has 138 valence electrons. The summed E-state index contributed by atoms with van der Waals surface area (Å²) in [5.41, 5.74) is 10.0. The van der Waals surface area contributed by atoms with Crippen molar-refractivity contribution < 1.29 is 72.0 Å². The maximum Gasteiger partial charge on any atom is 1.00 e. The van der Waals surface area contributed by atoms with Crippen LogP contribution in [0.2, 0.25) is 0 Å². The third kappa shape index (κ3) is 5.93. The summed E-state index contributed by atoms with van der Waals surface area (Å²) in [4.78, 5) is 47.6. The summed E-state index contributed by atoms with van der Waals surface area (Å²) in [7, 11) is 0. The van der Waals surface area contributed by atoms with Gasteiger partial charge in [-0.15, -0.1) is 0 Å². The molecule has 1 atom stereocenters. The minimum atomic E-state index is -0.770. The van der Waals surface area contributed by atoms with Gasteiger partial charge in [0.2, 0.25) is 23.6 Å². The molecular weight excluding hydrogens is 371 g/mol. The second kappa shape index (κ2) is 10.3. The molecule has 25 heavy (non-hydrogen) atoms. The number of primary amides is 2. The van der Waals surface area contributed by atoms with Gasteiger partial charge in [-0.05, 0) is 32.1 Å². The van der Waals surface area contributed by atoms with E-state index in [2.05, 4.69) is 5.32 Å². The Bertz CT molecular complexity index is 544. The van der Waals surface area contributed by atoms with Crippen molar-refractivity contribution in [2.24, 2.45) is 16.9 Å². The van der Waals surface area contributed by atoms with Gasteiger partial charge in [-0.3, -0.25) is 19.2 Å². The molecule has 8 nitrogen and oxygen atoms in total. The third-order valence-electron chi connectivity index (χ3n) is 4.91. The van der Waals surface area contributed by atoms with E-state index in [1.807, 2.05) is 0 Å². The molecule has 1 aliphatic heterocycles. The normalized spacial score (nSPS) is 25.9. The summed E-state index contributed by atoms with van der Waals surface area (Å²) in [6.45, 7) is 1.96. The van der Waals surface area contributed by atoms with E-state index in [0.717, 1.165) is 12.8 Å². The van der Waals surface area contributed by atoms with Crippen LogP contribution in [0, 0.1) is 5.41 Å². The van der Waals surface area contributed by atoms with Gasteiger partial charge in [0.1, 0.15) is 6.04 Å². The summed E-state index contributed by atoms with van der Waals surface area (Å²) in [6, 6.07) is -0.657. The molecule has 0 unspecified atom stereocenters. The molecule has 0 aromatic heterocycles. The van der Waals surface area contributed by atoms with Crippen LogP contribution in [-0.4, -0.2) is 47.2 Å². The average Bonchev–Trinajstić information content (AvgIpc) is 2.46. The van der Waals surface area contributed by atoms with Crippen molar-refractivity contribution in [3.8, 4) is 0 Å². The van der Waals surface area contributed by atoms with E-state index >= 15 is 0 Å². The third-order valence-corrected chi connectivity index (χ3v) is 4.91. The van der Waals surface area contributed by atoms with E-state index < -0.39 is 23.3 Å². The average molecular weight is 400 g/mol. The van der Waals surface area contributed by atoms with Crippen LogP contribution < -0.4 is 68.2 Å². The summed E-state index contributed by atoms with van der Waals surface area (Å²) in [6.07, 6.45) is 3.07. The van der Waals surface area contributed by atoms with Crippen LogP contribution in [0.5, 0.6) is 0 Å². The van der Waals surface area contributed by atoms with E-state index in [0.29, 0.717) is 19.4 Å². The van der Waals surface area contributed by atoms with Crippen molar-refractivity contribution in [3.05, 3.63) is 0 Å². The Labute approximate surface area is 198 Å². The minimum absolute atomic E-state index is 0. The molecule has 1 spiro atoms. The summed E-state index contributed by atoms with van der Waals surface area (Å²) in [5, 5.41) is 2.88. The second-order valence-electron chi connectivity index (χ2n) is 6.61. The molecule has 0 bridgehead atoms. The molecular formula is C15H27KN4O4S. The van der Waals surface area contributed by atoms with Crippen molar-refractivity contribution >= 4 is 37.1 Å². The van der Waals surface area contributed by atoms with E-state index in [1.165, 1.54) is 11.8 Å². The van der Waals surface area contributed by atoms with Crippen molar-refractivity contribution in [1.82, 2.24) is 10.2 Å². The smallest absolute Gasteiger partial charge is 1.00 e. The number of amides is 4. The summed E-state index contributed by atoms with van der Waals surface area (Å²) >= 11 is 0. The molecule has 4 amide bonds. The maximum absolute atomic E-state index is 12.6. The summed E-state index contributed by atoms with van der Waals surface area (Å²) < 4.78 is 0. The molecule has 1 aliphatic carbocycles. The Kier molecular flexibility index (Phi) is 10.2. The summed E-state index contributed by atoms with van der Waals surface area (Å²) in [5.74, 6) is -1.27. The zero-order chi connectivity index (χ0) is 17.2. The van der Waals surface area contributed by atoms with E-state index in [-0.39, 0.29) is 97.0 Å². The molecule has 10 heteroatoms. The first kappa shape index (κ1) is 24.9. The van der Waals surface area contributed by atoms with Gasteiger partial charge in [0.25, 0.3) is 0 Å². The number of likely N-dealkylation sites (tertiary alicyclic amines) is 1. The van der Waals surface area contributed by atoms with Crippen LogP contribution in [0.3, 0.4) is 0 Å². The SMILES string of the molecule is CC(=O)NC1CCC2(CC1)CN([C@@H](CCC(N)=O)C(N)=O)C2=O.S.[2H-].[K+]. The van der Waals surface area contributed by atoms with Gasteiger partial charge in [-0.1, -0.05) is 0 Å². The number of hydrogen-bond donors (Lipinski definition) is 3. The van der Waals surface area contributed by atoms with Crippen molar-refractivity contribution in [1.29, 1.82) is 0 Å². The monoisotopic (exact) mass is 399 g/mol. The van der Waals surface area contributed by atoms with Crippen LogP contribution in [0.25, 0.3) is 0 Å². The van der Waals surface area contributed by atoms with Gasteiger partial charge in [0.05, 0.1) is 5.41 Å². The molecule has 1 saturated carbocycles. The van der Waals surface area contributed by atoms with E-state index in [4.69, 9.17) is 11.5 Å². The van der Waals surface area contributed by atoms with E-state index in [1.54, 1.807) is 0 Å². The maximum atomic E-state index is 12.6. The van der Waals surface area contributed by atoms with Gasteiger partial charge in [-0.25, -0.2) is 0 Å². The number of nitrogens with two attached hydrogens (primary N) is 2. The van der Waals surface area contributed by atoms with Crippen molar-refractivity contribution in [3.63, 3.8) is 0 Å². The number of nitrogens with zero attached hydrogens (tertiary/aromatic N) is 1. The number of β-lactam (4-membered cyclic amide) rings is 1. The van der Waals surface area contributed by atoms with Gasteiger partial charge in [-0.2, -0.15) is 13.5 Å². The van der Waals surface area contributed by atoms with Crippen LogP contribution in [0.1, 0.15) is 46.9 Å². The Morgan fingerprint density at radius 1 is 1.32 bits per heavy atom. The Morgan fingerprint density at radius 2 is 1.88 bits per heavy atom. The first-order valence-electron chi connectivity index (χ1n) is 7.91. The first-order chi connectivity index (χ1) is 10.7. The zero-order valence-electron chi connectivity index (χ0n) is 15.8. The molecule has 2 aliphatic rings. The predicted octanol–water partition coefficient (Wildman–Crippen LogP) is -3.76. The number of carbonyl (C=O) groups excluding carboxylic acids is 4. The number of rotatable bonds is 6. The molecule has 2 rings (SSSR count). The van der Waals surface area contributed by atoms with Gasteiger partial charge >= 0.3 is 51.4 Å². The van der Waals surface area contributed by atoms with Crippen LogP contribution in [0.4, 0.5) is 0 Å². The van der Waals surface area contributed by atoms with Crippen LogP contribution in [-0.2, 0) is 19.2 Å². The fourth-order valence-electron chi connectivity index (χ4n) is 3.64. The fraction of sp³-hybridized carbons (Fsp3) is 0.733. The number of hydrogen-bond acceptors (Lipinski definition) is 4. The fourth-order valence-corrected chi connectivity index (χ4v) is 3.64. The van der Waals surface area contributed by atoms with Gasteiger partial charge < -0.3 is 23.1 Å². The molecule has 0 aromatic carbocycles. The standard InChI is InChI=1S/C15H24N4O4.K.H2S.H/c1-9(20)18-10-4-6-15(7-5-10)8-19(14(15)23)11(13(17)22)2-3-12(16)21;;;/h10-11H,2-8H2,1H3,(H2,16,21)(H2,17,22)(H,18,20);;1H2;/q;+1;;-1/t10?,11-,15?;;;/m0.../s1/i;;;1+1. The van der Waals surface area contributed by atoms with Gasteiger partial charge in [0.15, 0.2) is 0 Å². The largest absolute Gasteiger partial charge is 1.00 e. The van der Waals surface area contributed by atoms with Crippen LogP contribution >= 0.6 is 13.5 Å². The molecule has 0 radical (unpaired) electrons. The predicted molar refractivity (Wildman–Crippen MR) is 93.1 cm³/mol. The van der Waals surface area contributed by atoms with E-state index in [9.17, 15) is 19.2 Å². The van der Waals surface area contributed by atoms with Crippen molar-refractivity contribution in [2.45, 2.75) is 57.5 Å². The molecule has 2 fully saturated rings. The van der Waals surface area contributed by atoms with Crippen LogP contribution in [0.15, 0.2) is 0 Å².